The lowest BCUT2D eigenvalue weighted by atomic mass is 10.0. The number of rotatable bonds is 7. The molecular weight excluding hydrogens is 419 g/mol. The molecular formula is C20H18ClFN2O6. The standard InChI is InChI=1S/C20H18ClFN2O6/c1-2-28-19(26)17-14(23-20(27)24-18(17)15-7-4-8-29-15)10-30-16(25)9-11-12(21)5-3-6-13(11)22/h3-8,18H,2,9-10H2,1H3,(H2,23,24,27). The lowest BCUT2D eigenvalue weighted by molar-refractivity contribution is -0.143. The van der Waals surface area contributed by atoms with Gasteiger partial charge in [-0.1, -0.05) is 17.7 Å². The highest BCUT2D eigenvalue weighted by atomic mass is 35.5. The topological polar surface area (TPSA) is 107 Å². The van der Waals surface area contributed by atoms with E-state index in [1.54, 1.807) is 19.1 Å². The van der Waals surface area contributed by atoms with Crippen molar-refractivity contribution in [1.82, 2.24) is 10.6 Å². The number of amides is 2. The van der Waals surface area contributed by atoms with Crippen molar-refractivity contribution < 1.29 is 32.7 Å². The molecule has 0 fully saturated rings. The van der Waals surface area contributed by atoms with Crippen molar-refractivity contribution in [3.05, 3.63) is 70.0 Å². The van der Waals surface area contributed by atoms with Crippen molar-refractivity contribution in [1.29, 1.82) is 0 Å². The first-order valence-electron chi connectivity index (χ1n) is 9.00. The van der Waals surface area contributed by atoms with Crippen LogP contribution in [0.5, 0.6) is 0 Å². The predicted molar refractivity (Wildman–Crippen MR) is 103 cm³/mol. The van der Waals surface area contributed by atoms with Crippen LogP contribution >= 0.6 is 11.6 Å². The number of furan rings is 1. The van der Waals surface area contributed by atoms with E-state index in [9.17, 15) is 18.8 Å². The molecule has 8 nitrogen and oxygen atoms in total. The van der Waals surface area contributed by atoms with E-state index in [1.807, 2.05) is 0 Å². The number of nitrogens with one attached hydrogen (secondary N) is 2. The SMILES string of the molecule is CCOC(=O)C1=C(COC(=O)Cc2c(F)cccc2Cl)NC(=O)NC1c1ccco1. The van der Waals surface area contributed by atoms with Gasteiger partial charge in [-0.25, -0.2) is 14.0 Å². The maximum absolute atomic E-state index is 13.9. The molecule has 1 atom stereocenters. The number of ether oxygens (including phenoxy) is 2. The molecule has 1 aromatic carbocycles. The number of esters is 2. The van der Waals surface area contributed by atoms with Crippen LogP contribution in [0.25, 0.3) is 0 Å². The van der Waals surface area contributed by atoms with E-state index in [4.69, 9.17) is 25.5 Å². The van der Waals surface area contributed by atoms with Crippen molar-refractivity contribution in [2.24, 2.45) is 0 Å². The fourth-order valence-electron chi connectivity index (χ4n) is 2.90. The second kappa shape index (κ2) is 9.45. The smallest absolute Gasteiger partial charge is 0.338 e. The van der Waals surface area contributed by atoms with Crippen LogP contribution in [0.2, 0.25) is 5.02 Å². The summed E-state index contributed by atoms with van der Waals surface area (Å²) in [5.41, 5.74) is 0.0567. The molecule has 1 aromatic heterocycles. The quantitative estimate of drug-likeness (QED) is 0.646. The molecule has 2 aromatic rings. The zero-order valence-electron chi connectivity index (χ0n) is 15.9. The molecule has 30 heavy (non-hydrogen) atoms. The first-order chi connectivity index (χ1) is 14.4. The van der Waals surface area contributed by atoms with E-state index in [-0.39, 0.29) is 28.5 Å². The van der Waals surface area contributed by atoms with Gasteiger partial charge >= 0.3 is 18.0 Å². The van der Waals surface area contributed by atoms with Crippen LogP contribution in [0.3, 0.4) is 0 Å². The van der Waals surface area contributed by atoms with E-state index >= 15 is 0 Å². The molecule has 2 N–H and O–H groups in total. The Morgan fingerprint density at radius 2 is 2.03 bits per heavy atom. The molecule has 2 heterocycles. The van der Waals surface area contributed by atoms with Gasteiger partial charge in [-0.05, 0) is 31.2 Å². The summed E-state index contributed by atoms with van der Waals surface area (Å²) in [6.07, 6.45) is 0.978. The number of hydrogen-bond acceptors (Lipinski definition) is 6. The van der Waals surface area contributed by atoms with Crippen LogP contribution in [0.4, 0.5) is 9.18 Å². The van der Waals surface area contributed by atoms with Gasteiger partial charge in [-0.2, -0.15) is 0 Å². The second-order valence-electron chi connectivity index (χ2n) is 6.20. The molecule has 0 radical (unpaired) electrons. The molecule has 158 valence electrons. The van der Waals surface area contributed by atoms with Crippen LogP contribution in [0.1, 0.15) is 24.3 Å². The molecule has 1 unspecified atom stereocenters. The van der Waals surface area contributed by atoms with Crippen molar-refractivity contribution in [2.45, 2.75) is 19.4 Å². The Hall–Kier alpha value is -3.33. The first-order valence-corrected chi connectivity index (χ1v) is 9.38. The largest absolute Gasteiger partial charge is 0.467 e. The molecule has 1 aliphatic rings. The fourth-order valence-corrected chi connectivity index (χ4v) is 3.13. The maximum Gasteiger partial charge on any atom is 0.338 e. The molecule has 0 saturated carbocycles. The van der Waals surface area contributed by atoms with Gasteiger partial charge in [0.1, 0.15) is 24.2 Å². The Balaban J connectivity index is 1.82. The summed E-state index contributed by atoms with van der Waals surface area (Å²) in [7, 11) is 0. The van der Waals surface area contributed by atoms with E-state index < -0.39 is 42.9 Å². The highest BCUT2D eigenvalue weighted by Crippen LogP contribution is 2.28. The molecule has 0 saturated heterocycles. The Bertz CT molecular complexity index is 969. The minimum atomic E-state index is -0.928. The maximum atomic E-state index is 13.9. The number of halogens is 2. The summed E-state index contributed by atoms with van der Waals surface area (Å²) in [5, 5.41) is 5.11. The molecule has 0 aliphatic carbocycles. The van der Waals surface area contributed by atoms with Crippen molar-refractivity contribution >= 4 is 29.6 Å². The monoisotopic (exact) mass is 436 g/mol. The lowest BCUT2D eigenvalue weighted by Gasteiger charge is -2.27. The van der Waals surface area contributed by atoms with Crippen LogP contribution < -0.4 is 10.6 Å². The molecule has 10 heteroatoms. The summed E-state index contributed by atoms with van der Waals surface area (Å²) >= 11 is 5.92. The fraction of sp³-hybridized carbons (Fsp3) is 0.250. The Labute approximate surface area is 176 Å². The molecule has 1 aliphatic heterocycles. The zero-order valence-corrected chi connectivity index (χ0v) is 16.6. The molecule has 2 amide bonds. The van der Waals surface area contributed by atoms with Gasteiger partial charge in [0, 0.05) is 10.6 Å². The van der Waals surface area contributed by atoms with Crippen LogP contribution in [-0.2, 0) is 25.5 Å². The lowest BCUT2D eigenvalue weighted by Crippen LogP contribution is -2.47. The third kappa shape index (κ3) is 4.80. The van der Waals surface area contributed by atoms with Gasteiger partial charge in [-0.3, -0.25) is 4.79 Å². The highest BCUT2D eigenvalue weighted by molar-refractivity contribution is 6.31. The van der Waals surface area contributed by atoms with Crippen LogP contribution in [0.15, 0.2) is 52.3 Å². The zero-order chi connectivity index (χ0) is 21.7. The average molecular weight is 437 g/mol. The summed E-state index contributed by atoms with van der Waals surface area (Å²) in [6.45, 7) is 1.29. The third-order valence-corrected chi connectivity index (χ3v) is 4.59. The van der Waals surface area contributed by atoms with Gasteiger partial charge in [-0.15, -0.1) is 0 Å². The Kier molecular flexibility index (Phi) is 6.73. The number of carbonyl (C=O) groups excluding carboxylic acids is 3. The van der Waals surface area contributed by atoms with E-state index in [2.05, 4.69) is 10.6 Å². The number of hydrogen-bond donors (Lipinski definition) is 2. The van der Waals surface area contributed by atoms with Crippen molar-refractivity contribution in [2.75, 3.05) is 13.2 Å². The van der Waals surface area contributed by atoms with E-state index in [1.165, 1.54) is 24.5 Å². The minimum absolute atomic E-state index is 0.00780. The minimum Gasteiger partial charge on any atom is -0.467 e. The number of urea groups is 1. The average Bonchev–Trinajstić information content (AvgIpc) is 3.23. The number of carbonyl (C=O) groups is 3. The van der Waals surface area contributed by atoms with Gasteiger partial charge in [0.2, 0.25) is 0 Å². The van der Waals surface area contributed by atoms with E-state index in [0.29, 0.717) is 5.76 Å². The van der Waals surface area contributed by atoms with Gasteiger partial charge in [0.15, 0.2) is 0 Å². The van der Waals surface area contributed by atoms with Crippen LogP contribution in [-0.4, -0.2) is 31.2 Å². The first kappa shape index (κ1) is 21.4. The predicted octanol–water partition coefficient (Wildman–Crippen LogP) is 3.03. The van der Waals surface area contributed by atoms with Crippen molar-refractivity contribution in [3.8, 4) is 0 Å². The molecule has 0 spiro atoms. The van der Waals surface area contributed by atoms with Crippen LogP contribution in [0, 0.1) is 5.82 Å². The Morgan fingerprint density at radius 3 is 2.70 bits per heavy atom. The number of benzene rings is 1. The van der Waals surface area contributed by atoms with Crippen molar-refractivity contribution in [3.63, 3.8) is 0 Å². The van der Waals surface area contributed by atoms with Gasteiger partial charge < -0.3 is 24.5 Å². The van der Waals surface area contributed by atoms with Gasteiger partial charge in [0.05, 0.1) is 30.6 Å². The summed E-state index contributed by atoms with van der Waals surface area (Å²) < 4.78 is 29.4. The van der Waals surface area contributed by atoms with E-state index in [0.717, 1.165) is 0 Å². The Morgan fingerprint density at radius 1 is 1.23 bits per heavy atom. The molecule has 3 rings (SSSR count). The highest BCUT2D eigenvalue weighted by Gasteiger charge is 2.35. The molecule has 0 bridgehead atoms. The van der Waals surface area contributed by atoms with Gasteiger partial charge in [0.25, 0.3) is 0 Å². The summed E-state index contributed by atoms with van der Waals surface area (Å²) in [5.74, 6) is -1.84. The normalized spacial score (nSPS) is 16.0. The second-order valence-corrected chi connectivity index (χ2v) is 6.60. The third-order valence-electron chi connectivity index (χ3n) is 4.24. The summed E-state index contributed by atoms with van der Waals surface area (Å²) in [4.78, 5) is 36.8. The summed E-state index contributed by atoms with van der Waals surface area (Å²) in [6, 6.07) is 5.69.